The minimum atomic E-state index is 0.0188. The molecule has 118 valence electrons. The zero-order chi connectivity index (χ0) is 16.0. The smallest absolute Gasteiger partial charge is 0.256 e. The van der Waals surface area contributed by atoms with Crippen LogP contribution in [-0.4, -0.2) is 55.5 Å². The molecule has 0 fully saturated rings. The maximum absolute atomic E-state index is 12.9. The Morgan fingerprint density at radius 2 is 2.00 bits per heavy atom. The fourth-order valence-corrected chi connectivity index (χ4v) is 2.65. The van der Waals surface area contributed by atoms with Gasteiger partial charge in [-0.15, -0.1) is 0 Å². The van der Waals surface area contributed by atoms with E-state index in [1.165, 1.54) is 0 Å². The molecule has 0 radical (unpaired) electrons. The van der Waals surface area contributed by atoms with Crippen LogP contribution in [0.25, 0.3) is 0 Å². The minimum Gasteiger partial charge on any atom is -0.385 e. The van der Waals surface area contributed by atoms with Gasteiger partial charge in [-0.2, -0.15) is 0 Å². The maximum atomic E-state index is 12.9. The SMILES string of the molecule is CCNc1ccc(Cl)cc1C(=O)N(CC)C(C)CN(C)C. The van der Waals surface area contributed by atoms with E-state index in [1.807, 2.05) is 38.9 Å². The number of hydrogen-bond acceptors (Lipinski definition) is 3. The standard InChI is InChI=1S/C16H26ClN3O/c1-6-18-15-9-8-13(17)10-14(15)16(21)20(7-2)12(3)11-19(4)5/h8-10,12,18H,6-7,11H2,1-5H3. The molecule has 1 rings (SSSR count). The molecule has 1 amide bonds. The van der Waals surface area contributed by atoms with Gasteiger partial charge in [-0.1, -0.05) is 11.6 Å². The van der Waals surface area contributed by atoms with Crippen molar-refractivity contribution in [3.63, 3.8) is 0 Å². The third-order valence-corrected chi connectivity index (χ3v) is 3.58. The van der Waals surface area contributed by atoms with Gasteiger partial charge in [0, 0.05) is 36.4 Å². The fourth-order valence-electron chi connectivity index (χ4n) is 2.48. The molecular formula is C16H26ClN3O. The van der Waals surface area contributed by atoms with Crippen LogP contribution in [0.15, 0.2) is 18.2 Å². The van der Waals surface area contributed by atoms with Crippen LogP contribution in [0.3, 0.4) is 0 Å². The summed E-state index contributed by atoms with van der Waals surface area (Å²) < 4.78 is 0. The maximum Gasteiger partial charge on any atom is 0.256 e. The normalized spacial score (nSPS) is 12.3. The molecule has 4 nitrogen and oxygen atoms in total. The molecule has 0 heterocycles. The Hall–Kier alpha value is -1.26. The van der Waals surface area contributed by atoms with E-state index in [9.17, 15) is 4.79 Å². The van der Waals surface area contributed by atoms with Crippen LogP contribution in [0.5, 0.6) is 0 Å². The summed E-state index contributed by atoms with van der Waals surface area (Å²) in [5.74, 6) is 0.0188. The molecule has 1 aromatic rings. The molecule has 0 aliphatic rings. The van der Waals surface area contributed by atoms with Crippen LogP contribution < -0.4 is 5.32 Å². The van der Waals surface area contributed by atoms with E-state index >= 15 is 0 Å². The molecule has 0 saturated carbocycles. The number of nitrogens with one attached hydrogen (secondary N) is 1. The van der Waals surface area contributed by atoms with Crippen LogP contribution in [0.2, 0.25) is 5.02 Å². The highest BCUT2D eigenvalue weighted by atomic mass is 35.5. The molecule has 0 bridgehead atoms. The lowest BCUT2D eigenvalue weighted by atomic mass is 10.1. The summed E-state index contributed by atoms with van der Waals surface area (Å²) >= 11 is 6.07. The highest BCUT2D eigenvalue weighted by Gasteiger charge is 2.22. The van der Waals surface area contributed by atoms with E-state index in [2.05, 4.69) is 17.1 Å². The summed E-state index contributed by atoms with van der Waals surface area (Å²) in [4.78, 5) is 16.8. The first-order valence-corrected chi connectivity index (χ1v) is 7.77. The van der Waals surface area contributed by atoms with Crippen LogP contribution in [0.4, 0.5) is 5.69 Å². The van der Waals surface area contributed by atoms with Gasteiger partial charge in [0.2, 0.25) is 0 Å². The summed E-state index contributed by atoms with van der Waals surface area (Å²) in [6.45, 7) is 8.35. The van der Waals surface area contributed by atoms with Crippen molar-refractivity contribution in [2.24, 2.45) is 0 Å². The second kappa shape index (κ2) is 8.25. The van der Waals surface area contributed by atoms with Gasteiger partial charge in [-0.3, -0.25) is 4.79 Å². The number of likely N-dealkylation sites (N-methyl/N-ethyl adjacent to an activating group) is 2. The van der Waals surface area contributed by atoms with Crippen molar-refractivity contribution in [2.75, 3.05) is 39.0 Å². The minimum absolute atomic E-state index is 0.0188. The molecule has 0 aliphatic carbocycles. The zero-order valence-electron chi connectivity index (χ0n) is 13.6. The molecule has 0 aliphatic heterocycles. The van der Waals surface area contributed by atoms with Gasteiger partial charge in [-0.25, -0.2) is 0 Å². The van der Waals surface area contributed by atoms with E-state index in [0.717, 1.165) is 18.8 Å². The van der Waals surface area contributed by atoms with Crippen LogP contribution >= 0.6 is 11.6 Å². The molecule has 21 heavy (non-hydrogen) atoms. The van der Waals surface area contributed by atoms with Gasteiger partial charge < -0.3 is 15.1 Å². The third-order valence-electron chi connectivity index (χ3n) is 3.34. The second-order valence-electron chi connectivity index (χ2n) is 5.42. The topological polar surface area (TPSA) is 35.6 Å². The number of anilines is 1. The number of hydrogen-bond donors (Lipinski definition) is 1. The Balaban J connectivity index is 3.06. The Kier molecular flexibility index (Phi) is 6.99. The number of carbonyl (C=O) groups excluding carboxylic acids is 1. The Labute approximate surface area is 133 Å². The quantitative estimate of drug-likeness (QED) is 0.840. The van der Waals surface area contributed by atoms with Crippen molar-refractivity contribution < 1.29 is 4.79 Å². The first-order valence-electron chi connectivity index (χ1n) is 7.39. The number of amides is 1. The van der Waals surface area contributed by atoms with E-state index in [1.54, 1.807) is 12.1 Å². The summed E-state index contributed by atoms with van der Waals surface area (Å²) in [6.07, 6.45) is 0. The lowest BCUT2D eigenvalue weighted by molar-refractivity contribution is 0.0680. The third kappa shape index (κ3) is 4.90. The van der Waals surface area contributed by atoms with Gasteiger partial charge in [0.1, 0.15) is 0 Å². The highest BCUT2D eigenvalue weighted by Crippen LogP contribution is 2.23. The zero-order valence-corrected chi connectivity index (χ0v) is 14.4. The van der Waals surface area contributed by atoms with Gasteiger partial charge in [0.25, 0.3) is 5.91 Å². The average Bonchev–Trinajstić information content (AvgIpc) is 2.40. The number of rotatable bonds is 7. The second-order valence-corrected chi connectivity index (χ2v) is 5.86. The monoisotopic (exact) mass is 311 g/mol. The Bertz CT molecular complexity index is 477. The summed E-state index contributed by atoms with van der Waals surface area (Å²) in [6, 6.07) is 5.55. The van der Waals surface area contributed by atoms with Gasteiger partial charge in [0.05, 0.1) is 5.56 Å². The molecule has 1 atom stereocenters. The highest BCUT2D eigenvalue weighted by molar-refractivity contribution is 6.31. The number of benzene rings is 1. The number of nitrogens with zero attached hydrogens (tertiary/aromatic N) is 2. The Morgan fingerprint density at radius 3 is 2.52 bits per heavy atom. The van der Waals surface area contributed by atoms with E-state index < -0.39 is 0 Å². The first kappa shape index (κ1) is 17.8. The molecule has 1 N–H and O–H groups in total. The van der Waals surface area contributed by atoms with Crippen LogP contribution in [0.1, 0.15) is 31.1 Å². The lowest BCUT2D eigenvalue weighted by Gasteiger charge is -2.30. The number of carbonyl (C=O) groups is 1. The first-order chi connectivity index (χ1) is 9.90. The molecule has 0 spiro atoms. The molecule has 0 aromatic heterocycles. The summed E-state index contributed by atoms with van der Waals surface area (Å²) in [5, 5.41) is 3.81. The fraction of sp³-hybridized carbons (Fsp3) is 0.562. The van der Waals surface area contributed by atoms with Crippen molar-refractivity contribution >= 4 is 23.2 Å². The molecule has 1 unspecified atom stereocenters. The predicted molar refractivity (Wildman–Crippen MR) is 90.3 cm³/mol. The van der Waals surface area contributed by atoms with Crippen molar-refractivity contribution in [2.45, 2.75) is 26.8 Å². The van der Waals surface area contributed by atoms with Crippen molar-refractivity contribution in [3.05, 3.63) is 28.8 Å². The van der Waals surface area contributed by atoms with E-state index in [0.29, 0.717) is 17.1 Å². The Morgan fingerprint density at radius 1 is 1.33 bits per heavy atom. The largest absolute Gasteiger partial charge is 0.385 e. The van der Waals surface area contributed by atoms with Crippen molar-refractivity contribution in [1.82, 2.24) is 9.80 Å². The summed E-state index contributed by atoms with van der Waals surface area (Å²) in [7, 11) is 4.02. The average molecular weight is 312 g/mol. The molecule has 5 heteroatoms. The van der Waals surface area contributed by atoms with Crippen molar-refractivity contribution in [3.8, 4) is 0 Å². The number of halogens is 1. The van der Waals surface area contributed by atoms with E-state index in [-0.39, 0.29) is 11.9 Å². The van der Waals surface area contributed by atoms with E-state index in [4.69, 9.17) is 11.6 Å². The molecular weight excluding hydrogens is 286 g/mol. The summed E-state index contributed by atoms with van der Waals surface area (Å²) in [5.41, 5.74) is 1.47. The van der Waals surface area contributed by atoms with Crippen LogP contribution in [-0.2, 0) is 0 Å². The molecule has 1 aromatic carbocycles. The van der Waals surface area contributed by atoms with Gasteiger partial charge in [-0.05, 0) is 53.1 Å². The van der Waals surface area contributed by atoms with Gasteiger partial charge >= 0.3 is 0 Å². The van der Waals surface area contributed by atoms with Crippen molar-refractivity contribution in [1.29, 1.82) is 0 Å². The van der Waals surface area contributed by atoms with Gasteiger partial charge in [0.15, 0.2) is 0 Å². The molecule has 0 saturated heterocycles. The van der Waals surface area contributed by atoms with Crippen LogP contribution in [0, 0.1) is 0 Å². The lowest BCUT2D eigenvalue weighted by Crippen LogP contribution is -2.43. The predicted octanol–water partition coefficient (Wildman–Crippen LogP) is 3.18.